The molecule has 1 heterocycles. The van der Waals surface area contributed by atoms with Gasteiger partial charge in [-0.1, -0.05) is 26.0 Å². The van der Waals surface area contributed by atoms with E-state index in [1.54, 1.807) is 6.92 Å². The van der Waals surface area contributed by atoms with Crippen LogP contribution in [-0.4, -0.2) is 28.7 Å². The number of hydrogen-bond donors (Lipinski definition) is 1. The average molecular weight is 265 g/mol. The van der Waals surface area contributed by atoms with Crippen LogP contribution < -0.4 is 4.90 Å². The SMILES string of the molecule is CC(O)c1ccc(N2CCSC(C)(C)CC2)cc1. The monoisotopic (exact) mass is 265 g/mol. The minimum atomic E-state index is -0.377. The molecule has 1 aliphatic heterocycles. The van der Waals surface area contributed by atoms with Crippen LogP contribution in [0.4, 0.5) is 5.69 Å². The molecule has 0 saturated carbocycles. The Morgan fingerprint density at radius 3 is 2.50 bits per heavy atom. The molecule has 1 unspecified atom stereocenters. The van der Waals surface area contributed by atoms with Crippen molar-refractivity contribution in [3.8, 4) is 0 Å². The molecule has 2 rings (SSSR count). The van der Waals surface area contributed by atoms with Crippen LogP contribution in [0.15, 0.2) is 24.3 Å². The number of hydrogen-bond acceptors (Lipinski definition) is 3. The highest BCUT2D eigenvalue weighted by Gasteiger charge is 2.23. The van der Waals surface area contributed by atoms with Gasteiger partial charge in [-0.05, 0) is 31.0 Å². The molecule has 0 amide bonds. The number of aliphatic hydroxyl groups excluding tert-OH is 1. The van der Waals surface area contributed by atoms with Gasteiger partial charge < -0.3 is 10.0 Å². The number of anilines is 1. The lowest BCUT2D eigenvalue weighted by Gasteiger charge is -2.24. The summed E-state index contributed by atoms with van der Waals surface area (Å²) in [5.74, 6) is 1.19. The molecule has 1 aromatic carbocycles. The first kappa shape index (κ1) is 13.8. The molecule has 0 radical (unpaired) electrons. The lowest BCUT2D eigenvalue weighted by Crippen LogP contribution is -2.26. The number of aliphatic hydroxyl groups is 1. The van der Waals surface area contributed by atoms with Gasteiger partial charge in [0.1, 0.15) is 0 Å². The Labute approximate surface area is 114 Å². The summed E-state index contributed by atoms with van der Waals surface area (Å²) in [4.78, 5) is 2.45. The van der Waals surface area contributed by atoms with E-state index in [4.69, 9.17) is 0 Å². The van der Waals surface area contributed by atoms with Crippen LogP contribution in [0.3, 0.4) is 0 Å². The first-order chi connectivity index (χ1) is 8.48. The summed E-state index contributed by atoms with van der Waals surface area (Å²) in [6, 6.07) is 8.32. The lowest BCUT2D eigenvalue weighted by atomic mass is 10.1. The van der Waals surface area contributed by atoms with Crippen LogP contribution in [-0.2, 0) is 0 Å². The maximum absolute atomic E-state index is 9.52. The highest BCUT2D eigenvalue weighted by molar-refractivity contribution is 8.00. The predicted molar refractivity (Wildman–Crippen MR) is 80.4 cm³/mol. The number of nitrogens with zero attached hydrogens (tertiary/aromatic N) is 1. The van der Waals surface area contributed by atoms with Crippen molar-refractivity contribution >= 4 is 17.4 Å². The molecule has 1 fully saturated rings. The van der Waals surface area contributed by atoms with Crippen molar-refractivity contribution in [3.63, 3.8) is 0 Å². The zero-order valence-electron chi connectivity index (χ0n) is 11.5. The van der Waals surface area contributed by atoms with Gasteiger partial charge in [-0.15, -0.1) is 0 Å². The summed E-state index contributed by atoms with van der Waals surface area (Å²) >= 11 is 2.07. The first-order valence-electron chi connectivity index (χ1n) is 6.65. The molecule has 0 spiro atoms. The van der Waals surface area contributed by atoms with E-state index in [9.17, 15) is 5.11 Å². The van der Waals surface area contributed by atoms with Crippen LogP contribution >= 0.6 is 11.8 Å². The molecule has 1 aliphatic rings. The van der Waals surface area contributed by atoms with Gasteiger partial charge in [0.2, 0.25) is 0 Å². The van der Waals surface area contributed by atoms with E-state index < -0.39 is 0 Å². The third-order valence-electron chi connectivity index (χ3n) is 3.58. The van der Waals surface area contributed by atoms with Crippen molar-refractivity contribution in [1.82, 2.24) is 0 Å². The van der Waals surface area contributed by atoms with Gasteiger partial charge >= 0.3 is 0 Å². The van der Waals surface area contributed by atoms with Gasteiger partial charge in [0.25, 0.3) is 0 Å². The zero-order chi connectivity index (χ0) is 13.2. The normalized spacial score (nSPS) is 21.4. The number of benzene rings is 1. The maximum atomic E-state index is 9.52. The molecule has 3 heteroatoms. The zero-order valence-corrected chi connectivity index (χ0v) is 12.3. The molecule has 1 atom stereocenters. The fourth-order valence-electron chi connectivity index (χ4n) is 2.24. The molecule has 1 N–H and O–H groups in total. The Morgan fingerprint density at radius 2 is 1.89 bits per heavy atom. The third-order valence-corrected chi connectivity index (χ3v) is 4.95. The third kappa shape index (κ3) is 3.42. The van der Waals surface area contributed by atoms with E-state index >= 15 is 0 Å². The van der Waals surface area contributed by atoms with Crippen molar-refractivity contribution in [2.24, 2.45) is 0 Å². The maximum Gasteiger partial charge on any atom is 0.0761 e. The summed E-state index contributed by atoms with van der Waals surface area (Å²) in [6.07, 6.45) is 0.841. The second kappa shape index (κ2) is 5.54. The summed E-state index contributed by atoms with van der Waals surface area (Å²) in [7, 11) is 0. The highest BCUT2D eigenvalue weighted by atomic mass is 32.2. The number of rotatable bonds is 2. The topological polar surface area (TPSA) is 23.5 Å². The Hall–Kier alpha value is -0.670. The van der Waals surface area contributed by atoms with Crippen LogP contribution in [0.2, 0.25) is 0 Å². The molecule has 0 aliphatic carbocycles. The predicted octanol–water partition coefficient (Wildman–Crippen LogP) is 3.46. The lowest BCUT2D eigenvalue weighted by molar-refractivity contribution is 0.199. The van der Waals surface area contributed by atoms with Crippen LogP contribution in [0, 0.1) is 0 Å². The average Bonchev–Trinajstić information content (AvgIpc) is 2.50. The van der Waals surface area contributed by atoms with Gasteiger partial charge in [-0.2, -0.15) is 11.8 Å². The molecule has 1 aromatic rings. The molecule has 18 heavy (non-hydrogen) atoms. The molecule has 0 bridgehead atoms. The molecule has 2 nitrogen and oxygen atoms in total. The van der Waals surface area contributed by atoms with E-state index in [1.165, 1.54) is 17.9 Å². The summed E-state index contributed by atoms with van der Waals surface area (Å²) in [6.45, 7) is 8.70. The van der Waals surface area contributed by atoms with Crippen molar-refractivity contribution in [1.29, 1.82) is 0 Å². The molecule has 1 saturated heterocycles. The molecule has 0 aromatic heterocycles. The van der Waals surface area contributed by atoms with Gasteiger partial charge in [0.05, 0.1) is 6.10 Å². The second-order valence-electron chi connectivity index (χ2n) is 5.61. The summed E-state index contributed by atoms with van der Waals surface area (Å²) in [5, 5.41) is 9.52. The van der Waals surface area contributed by atoms with Crippen molar-refractivity contribution < 1.29 is 5.11 Å². The Balaban J connectivity index is 2.07. The fourth-order valence-corrected chi connectivity index (χ4v) is 3.34. The van der Waals surface area contributed by atoms with E-state index in [0.717, 1.165) is 18.7 Å². The van der Waals surface area contributed by atoms with Crippen molar-refractivity contribution in [2.75, 3.05) is 23.7 Å². The Morgan fingerprint density at radius 1 is 1.22 bits per heavy atom. The van der Waals surface area contributed by atoms with Gasteiger partial charge in [0, 0.05) is 29.3 Å². The second-order valence-corrected chi connectivity index (χ2v) is 7.41. The van der Waals surface area contributed by atoms with Gasteiger partial charge in [-0.25, -0.2) is 0 Å². The van der Waals surface area contributed by atoms with E-state index in [-0.39, 0.29) is 6.10 Å². The Kier molecular flexibility index (Phi) is 4.23. The molecular weight excluding hydrogens is 242 g/mol. The largest absolute Gasteiger partial charge is 0.389 e. The van der Waals surface area contributed by atoms with Crippen LogP contribution in [0.5, 0.6) is 0 Å². The van der Waals surface area contributed by atoms with E-state index in [1.807, 2.05) is 12.1 Å². The van der Waals surface area contributed by atoms with Gasteiger partial charge in [0.15, 0.2) is 0 Å². The van der Waals surface area contributed by atoms with Crippen LogP contribution in [0.1, 0.15) is 38.9 Å². The quantitative estimate of drug-likeness (QED) is 0.886. The van der Waals surface area contributed by atoms with Crippen molar-refractivity contribution in [3.05, 3.63) is 29.8 Å². The van der Waals surface area contributed by atoms with E-state index in [2.05, 4.69) is 42.6 Å². The minimum absolute atomic E-state index is 0.377. The smallest absolute Gasteiger partial charge is 0.0761 e. The minimum Gasteiger partial charge on any atom is -0.389 e. The summed E-state index contributed by atoms with van der Waals surface area (Å²) < 4.78 is 0.397. The molecule has 100 valence electrons. The highest BCUT2D eigenvalue weighted by Crippen LogP contribution is 2.32. The van der Waals surface area contributed by atoms with Crippen LogP contribution in [0.25, 0.3) is 0 Å². The summed E-state index contributed by atoms with van der Waals surface area (Å²) in [5.41, 5.74) is 2.26. The van der Waals surface area contributed by atoms with Gasteiger partial charge in [-0.3, -0.25) is 0 Å². The molecular formula is C15H23NOS. The Bertz CT molecular complexity index is 386. The van der Waals surface area contributed by atoms with E-state index in [0.29, 0.717) is 4.75 Å². The van der Waals surface area contributed by atoms with Crippen molar-refractivity contribution in [2.45, 2.75) is 38.0 Å². The first-order valence-corrected chi connectivity index (χ1v) is 7.63. The number of thioether (sulfide) groups is 1. The standard InChI is InChI=1S/C15H23NOS/c1-12(17)13-4-6-14(7-5-13)16-9-8-15(2,3)18-11-10-16/h4-7,12,17H,8-11H2,1-3H3. The fraction of sp³-hybridized carbons (Fsp3) is 0.600.